The minimum Gasteiger partial charge on any atom is -0.396 e. The third kappa shape index (κ3) is 3.54. The Kier molecular flexibility index (Phi) is 5.39. The number of fused-ring (bicyclic) bond motifs is 2. The lowest BCUT2D eigenvalue weighted by Crippen LogP contribution is -2.25. The number of nitrogens with one attached hydrogen (secondary N) is 1. The van der Waals surface area contributed by atoms with Crippen molar-refractivity contribution in [3.63, 3.8) is 0 Å². The Morgan fingerprint density at radius 3 is 2.08 bits per heavy atom. The van der Waals surface area contributed by atoms with Crippen LogP contribution in [0.1, 0.15) is 36.0 Å². The fourth-order valence-electron chi connectivity index (χ4n) is 2.97. The molecule has 4 nitrogen and oxygen atoms in total. The molecule has 0 unspecified atom stereocenters. The molecule has 1 aromatic heterocycles. The molecule has 124 valence electrons. The number of carbonyl (C=O) groups is 1. The summed E-state index contributed by atoms with van der Waals surface area (Å²) in [5.74, 6) is -0.0491. The molecule has 2 aromatic carbocycles. The van der Waals surface area contributed by atoms with Crippen LogP contribution in [-0.4, -0.2) is 29.1 Å². The summed E-state index contributed by atoms with van der Waals surface area (Å²) >= 11 is 0. The van der Waals surface area contributed by atoms with E-state index in [-0.39, 0.29) is 12.5 Å². The van der Waals surface area contributed by atoms with Gasteiger partial charge in [0.15, 0.2) is 0 Å². The Morgan fingerprint density at radius 1 is 0.875 bits per heavy atom. The van der Waals surface area contributed by atoms with Gasteiger partial charge in [-0.1, -0.05) is 49.2 Å². The average molecular weight is 322 g/mol. The number of pyridine rings is 1. The molecule has 0 saturated heterocycles. The summed E-state index contributed by atoms with van der Waals surface area (Å²) in [5.41, 5.74) is 2.38. The van der Waals surface area contributed by atoms with E-state index in [1.165, 1.54) is 0 Å². The highest BCUT2D eigenvalue weighted by atomic mass is 16.2. The Morgan fingerprint density at radius 2 is 1.46 bits per heavy atom. The van der Waals surface area contributed by atoms with Crippen LogP contribution in [0.15, 0.2) is 48.5 Å². The number of amides is 1. The molecule has 3 aromatic rings. The summed E-state index contributed by atoms with van der Waals surface area (Å²) in [5, 5.41) is 13.6. The molecule has 0 fully saturated rings. The van der Waals surface area contributed by atoms with Crippen molar-refractivity contribution in [3.8, 4) is 0 Å². The van der Waals surface area contributed by atoms with Crippen LogP contribution in [0.4, 0.5) is 0 Å². The van der Waals surface area contributed by atoms with Gasteiger partial charge in [-0.25, -0.2) is 4.98 Å². The van der Waals surface area contributed by atoms with Crippen LogP contribution in [0.25, 0.3) is 21.8 Å². The van der Waals surface area contributed by atoms with Gasteiger partial charge >= 0.3 is 0 Å². The van der Waals surface area contributed by atoms with Gasteiger partial charge in [0.25, 0.3) is 5.91 Å². The Labute approximate surface area is 141 Å². The van der Waals surface area contributed by atoms with Crippen LogP contribution >= 0.6 is 0 Å². The van der Waals surface area contributed by atoms with Crippen LogP contribution < -0.4 is 5.32 Å². The van der Waals surface area contributed by atoms with Gasteiger partial charge in [-0.05, 0) is 25.0 Å². The number of unbranched alkanes of at least 4 members (excludes halogenated alkanes) is 3. The number of hydrogen-bond acceptors (Lipinski definition) is 3. The maximum absolute atomic E-state index is 12.8. The van der Waals surface area contributed by atoms with E-state index in [1.807, 2.05) is 48.5 Å². The van der Waals surface area contributed by atoms with Gasteiger partial charge in [0.1, 0.15) is 0 Å². The molecule has 0 saturated carbocycles. The first-order valence-electron chi connectivity index (χ1n) is 8.48. The SMILES string of the molecule is O=C(NCCCCCCO)c1c2ccccc2nc2ccccc12. The van der Waals surface area contributed by atoms with Crippen molar-refractivity contribution in [2.45, 2.75) is 25.7 Å². The maximum atomic E-state index is 12.8. The maximum Gasteiger partial charge on any atom is 0.252 e. The molecule has 1 amide bonds. The summed E-state index contributed by atoms with van der Waals surface area (Å²) < 4.78 is 0. The topological polar surface area (TPSA) is 62.2 Å². The molecule has 3 rings (SSSR count). The third-order valence-corrected chi connectivity index (χ3v) is 4.19. The molecule has 0 aliphatic rings. The van der Waals surface area contributed by atoms with Crippen molar-refractivity contribution in [2.24, 2.45) is 0 Å². The first-order chi connectivity index (χ1) is 11.8. The van der Waals surface area contributed by atoms with Crippen LogP contribution in [0.3, 0.4) is 0 Å². The highest BCUT2D eigenvalue weighted by Gasteiger charge is 2.15. The van der Waals surface area contributed by atoms with Crippen molar-refractivity contribution in [2.75, 3.05) is 13.2 Å². The number of rotatable bonds is 7. The molecule has 0 aliphatic carbocycles. The largest absolute Gasteiger partial charge is 0.396 e. The van der Waals surface area contributed by atoms with Gasteiger partial charge in [-0.3, -0.25) is 4.79 Å². The molecule has 0 bridgehead atoms. The standard InChI is InChI=1S/C20H22N2O2/c23-14-8-2-1-7-13-21-20(24)19-15-9-3-5-11-17(15)22-18-12-6-4-10-16(18)19/h3-6,9-12,23H,1-2,7-8,13-14H2,(H,21,24). The molecule has 0 atom stereocenters. The summed E-state index contributed by atoms with van der Waals surface area (Å²) in [6.45, 7) is 0.886. The van der Waals surface area contributed by atoms with Gasteiger partial charge < -0.3 is 10.4 Å². The predicted molar refractivity (Wildman–Crippen MR) is 97.1 cm³/mol. The highest BCUT2D eigenvalue weighted by molar-refractivity contribution is 6.16. The molecular weight excluding hydrogens is 300 g/mol. The fraction of sp³-hybridized carbons (Fsp3) is 0.300. The van der Waals surface area contributed by atoms with Crippen LogP contribution in [0.2, 0.25) is 0 Å². The Bertz CT molecular complexity index is 791. The van der Waals surface area contributed by atoms with E-state index in [9.17, 15) is 4.79 Å². The van der Waals surface area contributed by atoms with Crippen LogP contribution in [0, 0.1) is 0 Å². The summed E-state index contributed by atoms with van der Waals surface area (Å²) in [6, 6.07) is 15.5. The highest BCUT2D eigenvalue weighted by Crippen LogP contribution is 2.25. The van der Waals surface area contributed by atoms with E-state index < -0.39 is 0 Å². The first-order valence-corrected chi connectivity index (χ1v) is 8.48. The predicted octanol–water partition coefficient (Wildman–Crippen LogP) is 3.67. The number of hydrogen-bond donors (Lipinski definition) is 2. The Balaban J connectivity index is 1.84. The molecule has 0 radical (unpaired) electrons. The van der Waals surface area contributed by atoms with Gasteiger partial charge in [0.05, 0.1) is 16.6 Å². The lowest BCUT2D eigenvalue weighted by Gasteiger charge is -2.11. The lowest BCUT2D eigenvalue weighted by molar-refractivity contribution is 0.0956. The second-order valence-electron chi connectivity index (χ2n) is 5.91. The lowest BCUT2D eigenvalue weighted by atomic mass is 10.0. The minimum absolute atomic E-state index is 0.0491. The van der Waals surface area contributed by atoms with E-state index in [0.29, 0.717) is 12.1 Å². The smallest absolute Gasteiger partial charge is 0.252 e. The summed E-state index contributed by atoms with van der Waals surface area (Å²) in [4.78, 5) is 17.4. The molecular formula is C20H22N2O2. The van der Waals surface area contributed by atoms with Gasteiger partial charge in [-0.2, -0.15) is 0 Å². The van der Waals surface area contributed by atoms with Gasteiger partial charge in [0, 0.05) is 23.9 Å². The number of aromatic nitrogens is 1. The number of para-hydroxylation sites is 2. The quantitative estimate of drug-likeness (QED) is 0.515. The van der Waals surface area contributed by atoms with E-state index in [1.54, 1.807) is 0 Å². The molecule has 24 heavy (non-hydrogen) atoms. The van der Waals surface area contributed by atoms with Crippen molar-refractivity contribution in [1.29, 1.82) is 0 Å². The second kappa shape index (κ2) is 7.88. The average Bonchev–Trinajstić information content (AvgIpc) is 2.62. The molecule has 2 N–H and O–H groups in total. The molecule has 0 spiro atoms. The summed E-state index contributed by atoms with van der Waals surface area (Å²) in [7, 11) is 0. The third-order valence-electron chi connectivity index (χ3n) is 4.19. The molecule has 0 aliphatic heterocycles. The Hall–Kier alpha value is -2.46. The fourth-order valence-corrected chi connectivity index (χ4v) is 2.97. The first kappa shape index (κ1) is 16.4. The number of carbonyl (C=O) groups excluding carboxylic acids is 1. The number of benzene rings is 2. The zero-order chi connectivity index (χ0) is 16.8. The monoisotopic (exact) mass is 322 g/mol. The second-order valence-corrected chi connectivity index (χ2v) is 5.91. The summed E-state index contributed by atoms with van der Waals surface area (Å²) in [6.07, 6.45) is 3.76. The van der Waals surface area contributed by atoms with E-state index in [2.05, 4.69) is 10.3 Å². The minimum atomic E-state index is -0.0491. The van der Waals surface area contributed by atoms with Crippen molar-refractivity contribution >= 4 is 27.7 Å². The van der Waals surface area contributed by atoms with Crippen molar-refractivity contribution in [1.82, 2.24) is 10.3 Å². The zero-order valence-electron chi connectivity index (χ0n) is 13.7. The molecule has 4 heteroatoms. The van der Waals surface area contributed by atoms with Crippen LogP contribution in [0.5, 0.6) is 0 Å². The van der Waals surface area contributed by atoms with Gasteiger partial charge in [0.2, 0.25) is 0 Å². The zero-order valence-corrected chi connectivity index (χ0v) is 13.7. The molecule has 1 heterocycles. The number of aliphatic hydroxyl groups is 1. The van der Waals surface area contributed by atoms with Gasteiger partial charge in [-0.15, -0.1) is 0 Å². The van der Waals surface area contributed by atoms with E-state index >= 15 is 0 Å². The van der Waals surface area contributed by atoms with E-state index in [4.69, 9.17) is 5.11 Å². The normalized spacial score (nSPS) is 11.0. The van der Waals surface area contributed by atoms with Crippen molar-refractivity contribution < 1.29 is 9.90 Å². The van der Waals surface area contributed by atoms with Crippen LogP contribution in [-0.2, 0) is 0 Å². The van der Waals surface area contributed by atoms with E-state index in [0.717, 1.165) is 47.5 Å². The number of nitrogens with zero attached hydrogens (tertiary/aromatic N) is 1. The van der Waals surface area contributed by atoms with Crippen molar-refractivity contribution in [3.05, 3.63) is 54.1 Å². The number of aliphatic hydroxyl groups excluding tert-OH is 1.